The first-order chi connectivity index (χ1) is 12.5. The predicted octanol–water partition coefficient (Wildman–Crippen LogP) is 3.05. The average Bonchev–Trinajstić information content (AvgIpc) is 2.52. The molecular weight excluding hydrogens is 348 g/mol. The first-order valence-electron chi connectivity index (χ1n) is 9.14. The first kappa shape index (κ1) is 20.8. The van der Waals surface area contributed by atoms with Gasteiger partial charge in [0.25, 0.3) is 0 Å². The SMILES string of the molecule is C[C@H]1C[C@@H](c2ccncc2N)C[C@@H](NC(=O)OC(C)(C)C)[C@H]1N(C)C(=O)O. The Morgan fingerprint density at radius 3 is 2.59 bits per heavy atom. The summed E-state index contributed by atoms with van der Waals surface area (Å²) in [6.45, 7) is 7.36. The maximum Gasteiger partial charge on any atom is 0.407 e. The van der Waals surface area contributed by atoms with Crippen LogP contribution in [0.4, 0.5) is 15.3 Å². The normalized spacial score (nSPS) is 25.5. The Bertz CT molecular complexity index is 689. The number of rotatable bonds is 3. The average molecular weight is 378 g/mol. The number of nitrogens with zero attached hydrogens (tertiary/aromatic N) is 2. The van der Waals surface area contributed by atoms with Gasteiger partial charge < -0.3 is 25.8 Å². The molecule has 0 aliphatic heterocycles. The van der Waals surface area contributed by atoms with E-state index in [1.807, 2.05) is 13.0 Å². The summed E-state index contributed by atoms with van der Waals surface area (Å²) in [7, 11) is 1.54. The van der Waals surface area contributed by atoms with Crippen molar-refractivity contribution in [1.29, 1.82) is 0 Å². The van der Waals surface area contributed by atoms with Crippen molar-refractivity contribution < 1.29 is 19.4 Å². The molecular formula is C19H30N4O4. The lowest BCUT2D eigenvalue weighted by Gasteiger charge is -2.44. The Morgan fingerprint density at radius 1 is 1.37 bits per heavy atom. The molecule has 2 amide bonds. The van der Waals surface area contributed by atoms with Crippen LogP contribution in [0, 0.1) is 5.92 Å². The van der Waals surface area contributed by atoms with Gasteiger partial charge in [0, 0.05) is 13.2 Å². The maximum absolute atomic E-state index is 12.3. The van der Waals surface area contributed by atoms with Gasteiger partial charge in [0.15, 0.2) is 0 Å². The molecule has 4 N–H and O–H groups in total. The van der Waals surface area contributed by atoms with E-state index in [0.29, 0.717) is 12.1 Å². The monoisotopic (exact) mass is 378 g/mol. The van der Waals surface area contributed by atoms with Gasteiger partial charge in [-0.1, -0.05) is 6.92 Å². The summed E-state index contributed by atoms with van der Waals surface area (Å²) >= 11 is 0. The third-order valence-corrected chi connectivity index (χ3v) is 4.97. The van der Waals surface area contributed by atoms with Crippen LogP contribution in [0.5, 0.6) is 0 Å². The van der Waals surface area contributed by atoms with Crippen molar-refractivity contribution in [3.63, 3.8) is 0 Å². The number of nitrogens with two attached hydrogens (primary N) is 1. The van der Waals surface area contributed by atoms with Crippen LogP contribution in [0.1, 0.15) is 52.0 Å². The Morgan fingerprint density at radius 2 is 2.04 bits per heavy atom. The third-order valence-electron chi connectivity index (χ3n) is 4.97. The summed E-state index contributed by atoms with van der Waals surface area (Å²) in [6, 6.07) is 1.15. The highest BCUT2D eigenvalue weighted by molar-refractivity contribution is 5.69. The quantitative estimate of drug-likeness (QED) is 0.744. The van der Waals surface area contributed by atoms with Crippen molar-refractivity contribution in [3.05, 3.63) is 24.0 Å². The molecule has 1 aliphatic carbocycles. The molecule has 1 heterocycles. The minimum absolute atomic E-state index is 0.0253. The molecule has 2 rings (SSSR count). The van der Waals surface area contributed by atoms with Gasteiger partial charge in [-0.2, -0.15) is 0 Å². The number of nitrogens with one attached hydrogen (secondary N) is 1. The van der Waals surface area contributed by atoms with Gasteiger partial charge in [-0.15, -0.1) is 0 Å². The lowest BCUT2D eigenvalue weighted by Crippen LogP contribution is -2.58. The summed E-state index contributed by atoms with van der Waals surface area (Å²) in [5.41, 5.74) is 7.04. The first-order valence-corrected chi connectivity index (χ1v) is 9.14. The van der Waals surface area contributed by atoms with E-state index in [1.54, 1.807) is 33.2 Å². The zero-order chi connectivity index (χ0) is 20.4. The third kappa shape index (κ3) is 5.24. The summed E-state index contributed by atoms with van der Waals surface area (Å²) in [5, 5.41) is 12.4. The van der Waals surface area contributed by atoms with E-state index < -0.39 is 17.8 Å². The van der Waals surface area contributed by atoms with E-state index in [9.17, 15) is 14.7 Å². The number of alkyl carbamates (subject to hydrolysis) is 1. The number of amides is 2. The second-order valence-corrected chi connectivity index (χ2v) is 8.29. The maximum atomic E-state index is 12.3. The highest BCUT2D eigenvalue weighted by atomic mass is 16.6. The van der Waals surface area contributed by atoms with E-state index in [0.717, 1.165) is 12.0 Å². The number of likely N-dealkylation sites (N-methyl/N-ethyl adjacent to an activating group) is 1. The topological polar surface area (TPSA) is 118 Å². The molecule has 1 aromatic rings. The van der Waals surface area contributed by atoms with Crippen LogP contribution in [0.2, 0.25) is 0 Å². The molecule has 0 spiro atoms. The van der Waals surface area contributed by atoms with Crippen LogP contribution in [0.3, 0.4) is 0 Å². The molecule has 4 atom stereocenters. The number of carbonyl (C=O) groups excluding carboxylic acids is 1. The van der Waals surface area contributed by atoms with Crippen molar-refractivity contribution >= 4 is 17.9 Å². The fourth-order valence-electron chi connectivity index (χ4n) is 3.95. The van der Waals surface area contributed by atoms with E-state index in [1.165, 1.54) is 11.9 Å². The minimum atomic E-state index is -1.02. The van der Waals surface area contributed by atoms with E-state index in [-0.39, 0.29) is 23.9 Å². The predicted molar refractivity (Wildman–Crippen MR) is 103 cm³/mol. The summed E-state index contributed by atoms with van der Waals surface area (Å²) in [5.74, 6) is 0.124. The summed E-state index contributed by atoms with van der Waals surface area (Å²) in [6.07, 6.45) is 3.08. The van der Waals surface area contributed by atoms with Crippen LogP contribution in [0.25, 0.3) is 0 Å². The second-order valence-electron chi connectivity index (χ2n) is 8.29. The molecule has 8 heteroatoms. The number of hydrogen-bond donors (Lipinski definition) is 3. The van der Waals surface area contributed by atoms with Gasteiger partial charge in [0.05, 0.1) is 24.0 Å². The van der Waals surface area contributed by atoms with Crippen LogP contribution < -0.4 is 11.1 Å². The molecule has 0 aromatic carbocycles. The zero-order valence-electron chi connectivity index (χ0n) is 16.6. The van der Waals surface area contributed by atoms with Crippen LogP contribution in [-0.2, 0) is 4.74 Å². The summed E-state index contributed by atoms with van der Waals surface area (Å²) in [4.78, 5) is 29.2. The molecule has 1 aromatic heterocycles. The molecule has 0 unspecified atom stereocenters. The Hall–Kier alpha value is -2.51. The van der Waals surface area contributed by atoms with Crippen molar-refractivity contribution in [1.82, 2.24) is 15.2 Å². The van der Waals surface area contributed by atoms with Crippen LogP contribution >= 0.6 is 0 Å². The van der Waals surface area contributed by atoms with Gasteiger partial charge in [-0.3, -0.25) is 4.98 Å². The number of hydrogen-bond acceptors (Lipinski definition) is 5. The number of nitrogen functional groups attached to an aromatic ring is 1. The number of carbonyl (C=O) groups is 2. The number of ether oxygens (including phenoxy) is 1. The van der Waals surface area contributed by atoms with E-state index >= 15 is 0 Å². The molecule has 150 valence electrons. The molecule has 1 aliphatic rings. The highest BCUT2D eigenvalue weighted by Gasteiger charge is 2.41. The largest absolute Gasteiger partial charge is 0.465 e. The highest BCUT2D eigenvalue weighted by Crippen LogP contribution is 2.40. The number of pyridine rings is 1. The molecule has 8 nitrogen and oxygen atoms in total. The summed E-state index contributed by atoms with van der Waals surface area (Å²) < 4.78 is 5.38. The Labute approximate surface area is 160 Å². The van der Waals surface area contributed by atoms with Gasteiger partial charge >= 0.3 is 12.2 Å². The molecule has 0 bridgehead atoms. The molecule has 0 radical (unpaired) electrons. The van der Waals surface area contributed by atoms with Gasteiger partial charge in [0.1, 0.15) is 5.60 Å². The molecule has 27 heavy (non-hydrogen) atoms. The molecule has 1 saturated carbocycles. The number of aromatic nitrogens is 1. The smallest absolute Gasteiger partial charge is 0.407 e. The van der Waals surface area contributed by atoms with Crippen molar-refractivity contribution in [2.75, 3.05) is 12.8 Å². The lowest BCUT2D eigenvalue weighted by molar-refractivity contribution is 0.0375. The van der Waals surface area contributed by atoms with Gasteiger partial charge in [0.2, 0.25) is 0 Å². The van der Waals surface area contributed by atoms with Gasteiger partial charge in [-0.25, -0.2) is 9.59 Å². The second kappa shape index (κ2) is 8.02. The van der Waals surface area contributed by atoms with Crippen molar-refractivity contribution in [2.45, 2.75) is 64.1 Å². The van der Waals surface area contributed by atoms with Crippen molar-refractivity contribution in [3.8, 4) is 0 Å². The number of anilines is 1. The fourth-order valence-corrected chi connectivity index (χ4v) is 3.95. The lowest BCUT2D eigenvalue weighted by atomic mass is 9.72. The zero-order valence-corrected chi connectivity index (χ0v) is 16.6. The Kier molecular flexibility index (Phi) is 6.18. The van der Waals surface area contributed by atoms with E-state index in [4.69, 9.17) is 10.5 Å². The van der Waals surface area contributed by atoms with Crippen LogP contribution in [0.15, 0.2) is 18.5 Å². The fraction of sp³-hybridized carbons (Fsp3) is 0.632. The van der Waals surface area contributed by atoms with Gasteiger partial charge in [-0.05, 0) is 57.1 Å². The molecule has 0 saturated heterocycles. The molecule has 1 fully saturated rings. The van der Waals surface area contributed by atoms with E-state index in [2.05, 4.69) is 10.3 Å². The van der Waals surface area contributed by atoms with Crippen LogP contribution in [-0.4, -0.2) is 51.9 Å². The minimum Gasteiger partial charge on any atom is -0.465 e. The number of carboxylic acid groups (broad SMARTS) is 1. The van der Waals surface area contributed by atoms with Crippen molar-refractivity contribution in [2.24, 2.45) is 5.92 Å². The standard InChI is InChI=1S/C19H30N4O4/c1-11-8-12(13-6-7-21-10-14(13)20)9-15(16(11)23(5)18(25)26)22-17(24)27-19(2,3)4/h6-7,10-12,15-16H,8-9,20H2,1-5H3,(H,22,24)(H,25,26)/t11-,12+,15+,16-/m0/s1. The Balaban J connectivity index is 2.27.